The largest absolute Gasteiger partial charge is 0.344 e. The molecule has 1 amide bonds. The topological polar surface area (TPSA) is 29.1 Å². The van der Waals surface area contributed by atoms with Gasteiger partial charge in [-0.15, -0.1) is 11.8 Å². The first-order valence-electron chi connectivity index (χ1n) is 8.32. The summed E-state index contributed by atoms with van der Waals surface area (Å²) in [7, 11) is 0. The van der Waals surface area contributed by atoms with Crippen molar-refractivity contribution in [1.82, 2.24) is 5.32 Å². The third-order valence-electron chi connectivity index (χ3n) is 4.02. The van der Waals surface area contributed by atoms with Crippen LogP contribution in [0, 0.1) is 6.92 Å². The normalized spacial score (nSPS) is 10.6. The number of carbonyl (C=O) groups excluding carboxylic acids is 1. The van der Waals surface area contributed by atoms with E-state index in [-0.39, 0.29) is 11.9 Å². The molecule has 0 fully saturated rings. The van der Waals surface area contributed by atoms with E-state index in [0.29, 0.717) is 5.75 Å². The molecule has 0 heterocycles. The minimum atomic E-state index is -0.132. The minimum absolute atomic E-state index is 0.0333. The molecule has 3 aromatic rings. The quantitative estimate of drug-likeness (QED) is 0.636. The van der Waals surface area contributed by atoms with Crippen LogP contribution >= 0.6 is 11.8 Å². The van der Waals surface area contributed by atoms with Crippen LogP contribution in [0.5, 0.6) is 0 Å². The van der Waals surface area contributed by atoms with Gasteiger partial charge in [0.1, 0.15) is 0 Å². The van der Waals surface area contributed by atoms with E-state index in [9.17, 15) is 4.79 Å². The second-order valence-corrected chi connectivity index (χ2v) is 6.89. The van der Waals surface area contributed by atoms with Gasteiger partial charge in [0.2, 0.25) is 5.91 Å². The van der Waals surface area contributed by atoms with Crippen molar-refractivity contribution >= 4 is 17.7 Å². The predicted octanol–water partition coefficient (Wildman–Crippen LogP) is 4.99. The summed E-state index contributed by atoms with van der Waals surface area (Å²) in [6.07, 6.45) is 0. The molecule has 3 heteroatoms. The summed E-state index contributed by atoms with van der Waals surface area (Å²) >= 11 is 1.58. The summed E-state index contributed by atoms with van der Waals surface area (Å²) < 4.78 is 0. The molecule has 0 radical (unpaired) electrons. The SMILES string of the molecule is Cc1ccccc1SCC(=O)NC(c1ccccc1)c1ccccc1. The molecule has 0 spiro atoms. The monoisotopic (exact) mass is 347 g/mol. The molecule has 25 heavy (non-hydrogen) atoms. The number of thioether (sulfide) groups is 1. The van der Waals surface area contributed by atoms with E-state index < -0.39 is 0 Å². The molecule has 0 aliphatic heterocycles. The summed E-state index contributed by atoms with van der Waals surface area (Å²) in [5.41, 5.74) is 3.37. The van der Waals surface area contributed by atoms with Crippen LogP contribution in [0.3, 0.4) is 0 Å². The van der Waals surface area contributed by atoms with E-state index in [2.05, 4.69) is 24.4 Å². The Hall–Kier alpha value is -2.52. The van der Waals surface area contributed by atoms with Crippen molar-refractivity contribution in [2.24, 2.45) is 0 Å². The van der Waals surface area contributed by atoms with Crippen molar-refractivity contribution in [3.63, 3.8) is 0 Å². The molecule has 0 unspecified atom stereocenters. The Labute approximate surface area is 153 Å². The smallest absolute Gasteiger partial charge is 0.231 e. The van der Waals surface area contributed by atoms with Crippen LogP contribution in [0.25, 0.3) is 0 Å². The first-order valence-corrected chi connectivity index (χ1v) is 9.30. The molecule has 0 aliphatic carbocycles. The number of nitrogens with one attached hydrogen (secondary N) is 1. The Morgan fingerprint density at radius 1 is 0.840 bits per heavy atom. The first kappa shape index (κ1) is 17.3. The van der Waals surface area contributed by atoms with E-state index in [0.717, 1.165) is 16.0 Å². The van der Waals surface area contributed by atoms with Crippen LogP contribution in [0.4, 0.5) is 0 Å². The number of hydrogen-bond donors (Lipinski definition) is 1. The predicted molar refractivity (Wildman–Crippen MR) is 105 cm³/mol. The van der Waals surface area contributed by atoms with E-state index in [1.54, 1.807) is 11.8 Å². The molecular formula is C22H21NOS. The van der Waals surface area contributed by atoms with Crippen molar-refractivity contribution in [1.29, 1.82) is 0 Å². The molecule has 126 valence electrons. The van der Waals surface area contributed by atoms with Crippen LogP contribution < -0.4 is 5.32 Å². The summed E-state index contributed by atoms with van der Waals surface area (Å²) in [5, 5.41) is 3.18. The highest BCUT2D eigenvalue weighted by Gasteiger charge is 2.16. The Morgan fingerprint density at radius 2 is 1.36 bits per heavy atom. The van der Waals surface area contributed by atoms with E-state index in [1.165, 1.54) is 5.56 Å². The average molecular weight is 347 g/mol. The van der Waals surface area contributed by atoms with Crippen molar-refractivity contribution in [2.75, 3.05) is 5.75 Å². The maximum absolute atomic E-state index is 12.6. The van der Waals surface area contributed by atoms with Gasteiger partial charge >= 0.3 is 0 Å². The first-order chi connectivity index (χ1) is 12.2. The lowest BCUT2D eigenvalue weighted by molar-refractivity contribution is -0.119. The van der Waals surface area contributed by atoms with Gasteiger partial charge in [-0.05, 0) is 29.7 Å². The molecule has 3 rings (SSSR count). The Kier molecular flexibility index (Phi) is 5.91. The van der Waals surface area contributed by atoms with Crippen LogP contribution in [0.1, 0.15) is 22.7 Å². The van der Waals surface area contributed by atoms with Crippen molar-refractivity contribution < 1.29 is 4.79 Å². The van der Waals surface area contributed by atoms with Gasteiger partial charge in [0.25, 0.3) is 0 Å². The fourth-order valence-corrected chi connectivity index (χ4v) is 3.55. The summed E-state index contributed by atoms with van der Waals surface area (Å²) in [5.74, 6) is 0.437. The van der Waals surface area contributed by atoms with Crippen molar-refractivity contribution in [3.05, 3.63) is 102 Å². The fraction of sp³-hybridized carbons (Fsp3) is 0.136. The zero-order valence-electron chi connectivity index (χ0n) is 14.2. The maximum Gasteiger partial charge on any atom is 0.231 e. The molecule has 0 saturated carbocycles. The molecule has 0 aromatic heterocycles. The molecule has 0 aliphatic rings. The van der Waals surface area contributed by atoms with E-state index in [4.69, 9.17) is 0 Å². The highest BCUT2D eigenvalue weighted by molar-refractivity contribution is 8.00. The zero-order chi connectivity index (χ0) is 17.5. The molecule has 0 bridgehead atoms. The molecule has 2 nitrogen and oxygen atoms in total. The Bertz CT molecular complexity index is 778. The summed E-state index contributed by atoms with van der Waals surface area (Å²) in [6.45, 7) is 2.07. The highest BCUT2D eigenvalue weighted by Crippen LogP contribution is 2.24. The van der Waals surface area contributed by atoms with Gasteiger partial charge in [0.05, 0.1) is 11.8 Å². The number of carbonyl (C=O) groups is 1. The van der Waals surface area contributed by atoms with Crippen LogP contribution in [-0.2, 0) is 4.79 Å². The number of aryl methyl sites for hydroxylation is 1. The minimum Gasteiger partial charge on any atom is -0.344 e. The number of amides is 1. The van der Waals surface area contributed by atoms with Crippen LogP contribution in [0.2, 0.25) is 0 Å². The lowest BCUT2D eigenvalue weighted by atomic mass is 9.99. The molecule has 0 saturated heterocycles. The third-order valence-corrected chi connectivity index (χ3v) is 5.20. The summed E-state index contributed by atoms with van der Waals surface area (Å²) in [6, 6.07) is 28.2. The van der Waals surface area contributed by atoms with Gasteiger partial charge in [0, 0.05) is 4.90 Å². The van der Waals surface area contributed by atoms with Gasteiger partial charge in [-0.25, -0.2) is 0 Å². The van der Waals surface area contributed by atoms with Crippen molar-refractivity contribution in [3.8, 4) is 0 Å². The second-order valence-electron chi connectivity index (χ2n) is 5.88. The number of rotatable bonds is 6. The average Bonchev–Trinajstić information content (AvgIpc) is 2.67. The molecule has 1 N–H and O–H groups in total. The maximum atomic E-state index is 12.6. The van der Waals surface area contributed by atoms with E-state index >= 15 is 0 Å². The van der Waals surface area contributed by atoms with Crippen LogP contribution in [0.15, 0.2) is 89.8 Å². The highest BCUT2D eigenvalue weighted by atomic mass is 32.2. The second kappa shape index (κ2) is 8.54. The lowest BCUT2D eigenvalue weighted by Crippen LogP contribution is -2.30. The third kappa shape index (κ3) is 4.74. The van der Waals surface area contributed by atoms with E-state index in [1.807, 2.05) is 72.8 Å². The van der Waals surface area contributed by atoms with Gasteiger partial charge in [-0.1, -0.05) is 78.9 Å². The standard InChI is InChI=1S/C22H21NOS/c1-17-10-8-9-15-20(17)25-16-21(24)23-22(18-11-4-2-5-12-18)19-13-6-3-7-14-19/h2-15,22H,16H2,1H3,(H,23,24). The van der Waals surface area contributed by atoms with Crippen LogP contribution in [-0.4, -0.2) is 11.7 Å². The zero-order valence-corrected chi connectivity index (χ0v) is 15.0. The van der Waals surface area contributed by atoms with Gasteiger partial charge < -0.3 is 5.32 Å². The number of hydrogen-bond acceptors (Lipinski definition) is 2. The van der Waals surface area contributed by atoms with Gasteiger partial charge in [0.15, 0.2) is 0 Å². The lowest BCUT2D eigenvalue weighted by Gasteiger charge is -2.20. The Balaban J connectivity index is 1.72. The van der Waals surface area contributed by atoms with Crippen molar-refractivity contribution in [2.45, 2.75) is 17.9 Å². The fourth-order valence-electron chi connectivity index (χ4n) is 2.71. The van der Waals surface area contributed by atoms with Gasteiger partial charge in [-0.3, -0.25) is 4.79 Å². The Morgan fingerprint density at radius 3 is 1.92 bits per heavy atom. The number of benzene rings is 3. The molecule has 3 aromatic carbocycles. The summed E-state index contributed by atoms with van der Waals surface area (Å²) in [4.78, 5) is 13.7. The molecule has 0 atom stereocenters. The van der Waals surface area contributed by atoms with Gasteiger partial charge in [-0.2, -0.15) is 0 Å². The molecular weight excluding hydrogens is 326 g/mol.